The molecule has 0 amide bonds. The highest BCUT2D eigenvalue weighted by Crippen LogP contribution is 2.34. The van der Waals surface area contributed by atoms with E-state index in [-0.39, 0.29) is 5.82 Å². The van der Waals surface area contributed by atoms with Crippen molar-refractivity contribution in [2.75, 3.05) is 12.3 Å². The Kier molecular flexibility index (Phi) is 3.09. The molecule has 1 aliphatic heterocycles. The smallest absolute Gasteiger partial charge is 0.351 e. The predicted octanol–water partition coefficient (Wildman–Crippen LogP) is -3.24. The van der Waals surface area contributed by atoms with E-state index in [4.69, 9.17) is 15.6 Å². The molecule has 0 spiro atoms. The highest BCUT2D eigenvalue weighted by molar-refractivity contribution is 5.23. The van der Waals surface area contributed by atoms with Gasteiger partial charge in [0.05, 0.1) is 6.61 Å². The second kappa shape index (κ2) is 4.30. The lowest BCUT2D eigenvalue weighted by atomic mass is 10.1. The number of aliphatic hydroxyl groups excluding tert-OH is 3. The van der Waals surface area contributed by atoms with Crippen molar-refractivity contribution in [1.82, 2.24) is 9.55 Å². The zero-order valence-corrected chi connectivity index (χ0v) is 9.17. The molecular formula is C9H13N3O6. The van der Waals surface area contributed by atoms with Crippen LogP contribution in [0, 0.1) is 0 Å². The molecule has 9 heteroatoms. The second-order valence-corrected chi connectivity index (χ2v) is 3.99. The average Bonchev–Trinajstić information content (AvgIpc) is 2.55. The Morgan fingerprint density at radius 1 is 1.56 bits per heavy atom. The van der Waals surface area contributed by atoms with Gasteiger partial charge in [0.1, 0.15) is 18.0 Å². The van der Waals surface area contributed by atoms with Crippen LogP contribution in [0.15, 0.2) is 17.1 Å². The number of aliphatic hydroxyl groups is 4. The van der Waals surface area contributed by atoms with E-state index in [1.54, 1.807) is 0 Å². The summed E-state index contributed by atoms with van der Waals surface area (Å²) in [6, 6.07) is 1.29. The Hall–Kier alpha value is -1.52. The van der Waals surface area contributed by atoms with Crippen molar-refractivity contribution in [3.8, 4) is 0 Å². The van der Waals surface area contributed by atoms with Crippen LogP contribution in [0.25, 0.3) is 0 Å². The summed E-state index contributed by atoms with van der Waals surface area (Å²) in [7, 11) is 0. The number of nitrogen functional groups attached to an aromatic ring is 1. The van der Waals surface area contributed by atoms with Crippen molar-refractivity contribution < 1.29 is 25.2 Å². The maximum absolute atomic E-state index is 11.5. The first-order valence-corrected chi connectivity index (χ1v) is 5.11. The number of ether oxygens (including phenoxy) is 1. The molecule has 6 N–H and O–H groups in total. The molecule has 2 rings (SSSR count). The van der Waals surface area contributed by atoms with Crippen molar-refractivity contribution in [3.63, 3.8) is 0 Å². The van der Waals surface area contributed by atoms with E-state index < -0.39 is 36.5 Å². The third-order valence-corrected chi connectivity index (χ3v) is 2.75. The fourth-order valence-electron chi connectivity index (χ4n) is 1.74. The largest absolute Gasteiger partial charge is 0.391 e. The van der Waals surface area contributed by atoms with Crippen LogP contribution in [0.4, 0.5) is 5.82 Å². The first-order chi connectivity index (χ1) is 8.39. The molecule has 2 unspecified atom stereocenters. The highest BCUT2D eigenvalue weighted by Gasteiger charge is 2.54. The Balaban J connectivity index is 2.38. The molecule has 0 aliphatic carbocycles. The third kappa shape index (κ3) is 1.87. The van der Waals surface area contributed by atoms with Gasteiger partial charge in [-0.3, -0.25) is 4.57 Å². The first kappa shape index (κ1) is 12.9. The normalized spacial score (nSPS) is 35.9. The quantitative estimate of drug-likeness (QED) is 0.371. The van der Waals surface area contributed by atoms with Gasteiger partial charge < -0.3 is 30.9 Å². The van der Waals surface area contributed by atoms with Gasteiger partial charge in [0, 0.05) is 6.20 Å². The molecule has 2 heterocycles. The maximum Gasteiger partial charge on any atom is 0.351 e. The van der Waals surface area contributed by atoms with Crippen LogP contribution in [-0.4, -0.2) is 54.6 Å². The summed E-state index contributed by atoms with van der Waals surface area (Å²) in [4.78, 5) is 15.0. The molecule has 0 bridgehead atoms. The van der Waals surface area contributed by atoms with E-state index in [0.717, 1.165) is 4.57 Å². The number of anilines is 1. The van der Waals surface area contributed by atoms with Gasteiger partial charge in [-0.15, -0.1) is 0 Å². The van der Waals surface area contributed by atoms with Gasteiger partial charge in [-0.25, -0.2) is 4.79 Å². The maximum atomic E-state index is 11.5. The molecule has 4 atom stereocenters. The molecule has 0 aromatic carbocycles. The van der Waals surface area contributed by atoms with Crippen LogP contribution in [0.2, 0.25) is 0 Å². The lowest BCUT2D eigenvalue weighted by Crippen LogP contribution is -2.46. The minimum absolute atomic E-state index is 0.0123. The van der Waals surface area contributed by atoms with E-state index >= 15 is 0 Å². The third-order valence-electron chi connectivity index (χ3n) is 2.75. The van der Waals surface area contributed by atoms with E-state index in [0.29, 0.717) is 0 Å². The van der Waals surface area contributed by atoms with E-state index in [1.807, 2.05) is 0 Å². The molecule has 18 heavy (non-hydrogen) atoms. The van der Waals surface area contributed by atoms with E-state index in [9.17, 15) is 20.1 Å². The summed E-state index contributed by atoms with van der Waals surface area (Å²) in [5, 5.41) is 37.9. The molecule has 100 valence electrons. The van der Waals surface area contributed by atoms with Gasteiger partial charge in [-0.1, -0.05) is 0 Å². The fraction of sp³-hybridized carbons (Fsp3) is 0.556. The minimum atomic E-state index is -2.33. The van der Waals surface area contributed by atoms with Crippen LogP contribution in [0.5, 0.6) is 0 Å². The summed E-state index contributed by atoms with van der Waals surface area (Å²) >= 11 is 0. The molecule has 0 saturated carbocycles. The van der Waals surface area contributed by atoms with Crippen molar-refractivity contribution in [3.05, 3.63) is 22.7 Å². The number of hydrogen-bond donors (Lipinski definition) is 5. The van der Waals surface area contributed by atoms with Crippen LogP contribution in [0.3, 0.4) is 0 Å². The van der Waals surface area contributed by atoms with Crippen molar-refractivity contribution in [2.45, 2.75) is 24.2 Å². The summed E-state index contributed by atoms with van der Waals surface area (Å²) in [5.74, 6) is -2.34. The lowest BCUT2D eigenvalue weighted by Gasteiger charge is -2.22. The second-order valence-electron chi connectivity index (χ2n) is 3.99. The number of rotatable bonds is 2. The number of hydrogen-bond acceptors (Lipinski definition) is 8. The summed E-state index contributed by atoms with van der Waals surface area (Å²) in [6.45, 7) is -0.932. The molecule has 1 fully saturated rings. The Labute approximate surface area is 101 Å². The standard InChI is InChI=1S/C9H13N3O6/c10-4-1-2-12(8(16)11-4)7-5(14)6(15)9(17,3-13)18-7/h1-2,5-7,13-15,17H,3H2,(H2,10,11,16)/t5?,6?,7-,9-/m1/s1. The van der Waals surface area contributed by atoms with E-state index in [2.05, 4.69) is 4.98 Å². The summed E-state index contributed by atoms with van der Waals surface area (Å²) in [6.07, 6.45) is -3.51. The molecule has 9 nitrogen and oxygen atoms in total. The topological polar surface area (TPSA) is 151 Å². The summed E-state index contributed by atoms with van der Waals surface area (Å²) < 4.78 is 5.78. The Morgan fingerprint density at radius 2 is 2.22 bits per heavy atom. The van der Waals surface area contributed by atoms with Crippen LogP contribution in [0.1, 0.15) is 6.23 Å². The van der Waals surface area contributed by atoms with Gasteiger partial charge in [-0.2, -0.15) is 4.98 Å². The zero-order valence-electron chi connectivity index (χ0n) is 9.17. The number of aromatic nitrogens is 2. The average molecular weight is 259 g/mol. The first-order valence-electron chi connectivity index (χ1n) is 5.11. The van der Waals surface area contributed by atoms with Gasteiger partial charge in [0.15, 0.2) is 6.23 Å². The van der Waals surface area contributed by atoms with Crippen molar-refractivity contribution in [2.24, 2.45) is 0 Å². The number of nitrogens with two attached hydrogens (primary N) is 1. The van der Waals surface area contributed by atoms with Gasteiger partial charge in [0.2, 0.25) is 5.79 Å². The van der Waals surface area contributed by atoms with Crippen LogP contribution >= 0.6 is 0 Å². The monoisotopic (exact) mass is 259 g/mol. The highest BCUT2D eigenvalue weighted by atomic mass is 16.7. The molecule has 1 aromatic heterocycles. The Morgan fingerprint density at radius 3 is 2.72 bits per heavy atom. The van der Waals surface area contributed by atoms with Crippen molar-refractivity contribution >= 4 is 5.82 Å². The van der Waals surface area contributed by atoms with Crippen molar-refractivity contribution in [1.29, 1.82) is 0 Å². The van der Waals surface area contributed by atoms with Gasteiger partial charge in [0.25, 0.3) is 0 Å². The van der Waals surface area contributed by atoms with Gasteiger partial charge >= 0.3 is 5.69 Å². The molecule has 0 radical (unpaired) electrons. The van der Waals surface area contributed by atoms with Crippen LogP contribution < -0.4 is 11.4 Å². The molecule has 1 aliphatic rings. The predicted molar refractivity (Wildman–Crippen MR) is 57.1 cm³/mol. The minimum Gasteiger partial charge on any atom is -0.391 e. The molecule has 1 aromatic rings. The molecule has 1 saturated heterocycles. The lowest BCUT2D eigenvalue weighted by molar-refractivity contribution is -0.254. The van der Waals surface area contributed by atoms with E-state index in [1.165, 1.54) is 12.3 Å². The summed E-state index contributed by atoms with van der Waals surface area (Å²) in [5.41, 5.74) is 4.49. The SMILES string of the molecule is Nc1ccn([C@@H]2O[C@](O)(CO)C(O)C2O)c(=O)n1. The molecular weight excluding hydrogens is 246 g/mol. The Bertz CT molecular complexity index is 505. The van der Waals surface area contributed by atoms with Crippen LogP contribution in [-0.2, 0) is 4.74 Å². The zero-order chi connectivity index (χ0) is 13.5. The number of nitrogens with zero attached hydrogens (tertiary/aromatic N) is 2. The van der Waals surface area contributed by atoms with Gasteiger partial charge in [-0.05, 0) is 6.07 Å². The fourth-order valence-corrected chi connectivity index (χ4v) is 1.74.